The third kappa shape index (κ3) is 3.98. The number of fused-ring (bicyclic) bond motifs is 2. The highest BCUT2D eigenvalue weighted by atomic mass is 16.5. The summed E-state index contributed by atoms with van der Waals surface area (Å²) >= 11 is 0. The molecule has 0 N–H and O–H groups in total. The predicted molar refractivity (Wildman–Crippen MR) is 130 cm³/mol. The van der Waals surface area contributed by atoms with Gasteiger partial charge in [-0.2, -0.15) is 0 Å². The fraction of sp³-hybridized carbons (Fsp3) is 0.107. The standard InChI is InChI=1S/C28H20N2O6/c1-35-28(34)25-22(29-21-14-8-7-13-20(21)24(25)17-9-3-2-4-10-17)16-36-23(31)15-30-26(32)18-11-5-6-12-19(18)27(30)33/h2-14H,15-16H2,1H3. The number of carbonyl (C=O) groups excluding carboxylic acids is 4. The van der Waals surface area contributed by atoms with Crippen molar-refractivity contribution in [2.24, 2.45) is 0 Å². The molecule has 0 spiro atoms. The van der Waals surface area contributed by atoms with Crippen molar-refractivity contribution in [3.8, 4) is 11.1 Å². The molecule has 0 fully saturated rings. The van der Waals surface area contributed by atoms with Crippen LogP contribution in [-0.4, -0.2) is 47.3 Å². The van der Waals surface area contributed by atoms with Gasteiger partial charge in [-0.25, -0.2) is 9.78 Å². The van der Waals surface area contributed by atoms with Crippen molar-refractivity contribution in [1.29, 1.82) is 0 Å². The first-order valence-electron chi connectivity index (χ1n) is 11.2. The van der Waals surface area contributed by atoms with E-state index in [1.54, 1.807) is 18.2 Å². The molecule has 5 rings (SSSR count). The van der Waals surface area contributed by atoms with Crippen molar-refractivity contribution in [3.63, 3.8) is 0 Å². The lowest BCUT2D eigenvalue weighted by molar-refractivity contribution is -0.145. The first-order valence-corrected chi connectivity index (χ1v) is 11.2. The maximum Gasteiger partial charge on any atom is 0.340 e. The molecular weight excluding hydrogens is 460 g/mol. The minimum atomic E-state index is -0.809. The van der Waals surface area contributed by atoms with Crippen LogP contribution in [-0.2, 0) is 20.9 Å². The fourth-order valence-corrected chi connectivity index (χ4v) is 4.30. The number of esters is 2. The molecule has 2 amide bonds. The number of aromatic nitrogens is 1. The molecule has 0 unspecified atom stereocenters. The number of imide groups is 1. The van der Waals surface area contributed by atoms with Gasteiger partial charge < -0.3 is 9.47 Å². The molecule has 1 aromatic heterocycles. The van der Waals surface area contributed by atoms with Gasteiger partial charge in [-0.3, -0.25) is 19.3 Å². The second-order valence-electron chi connectivity index (χ2n) is 8.09. The number of hydrogen-bond donors (Lipinski definition) is 0. The maximum atomic E-state index is 12.9. The SMILES string of the molecule is COC(=O)c1c(COC(=O)CN2C(=O)c3ccccc3C2=O)nc2ccccc2c1-c1ccccc1. The Kier molecular flexibility index (Phi) is 6.00. The number of hydrogen-bond acceptors (Lipinski definition) is 7. The normalized spacial score (nSPS) is 12.5. The van der Waals surface area contributed by atoms with Gasteiger partial charge in [0.05, 0.1) is 35.0 Å². The monoisotopic (exact) mass is 480 g/mol. The number of carbonyl (C=O) groups is 4. The number of rotatable bonds is 6. The van der Waals surface area contributed by atoms with Crippen LogP contribution in [0.3, 0.4) is 0 Å². The van der Waals surface area contributed by atoms with Crippen LogP contribution >= 0.6 is 0 Å². The van der Waals surface area contributed by atoms with Crippen molar-refractivity contribution in [2.75, 3.05) is 13.7 Å². The van der Waals surface area contributed by atoms with Crippen LogP contribution in [0, 0.1) is 0 Å². The zero-order chi connectivity index (χ0) is 25.2. The van der Waals surface area contributed by atoms with Crippen LogP contribution in [0.1, 0.15) is 36.8 Å². The Hall–Kier alpha value is -4.85. The van der Waals surface area contributed by atoms with Crippen LogP contribution in [0.2, 0.25) is 0 Å². The Morgan fingerprint density at radius 1 is 0.833 bits per heavy atom. The van der Waals surface area contributed by atoms with E-state index < -0.39 is 30.3 Å². The Morgan fingerprint density at radius 2 is 1.44 bits per heavy atom. The second-order valence-corrected chi connectivity index (χ2v) is 8.09. The van der Waals surface area contributed by atoms with E-state index >= 15 is 0 Å². The number of pyridine rings is 1. The van der Waals surface area contributed by atoms with Gasteiger partial charge >= 0.3 is 11.9 Å². The molecule has 0 bridgehead atoms. The van der Waals surface area contributed by atoms with Crippen molar-refractivity contribution in [2.45, 2.75) is 6.61 Å². The summed E-state index contributed by atoms with van der Waals surface area (Å²) in [7, 11) is 1.27. The van der Waals surface area contributed by atoms with Gasteiger partial charge in [0.25, 0.3) is 11.8 Å². The number of para-hydroxylation sites is 1. The van der Waals surface area contributed by atoms with E-state index in [0.29, 0.717) is 11.1 Å². The molecule has 8 heteroatoms. The van der Waals surface area contributed by atoms with E-state index in [1.807, 2.05) is 48.5 Å². The number of benzene rings is 3. The van der Waals surface area contributed by atoms with E-state index in [-0.39, 0.29) is 29.0 Å². The summed E-state index contributed by atoms with van der Waals surface area (Å²) in [5.41, 5.74) is 2.86. The molecule has 1 aliphatic heterocycles. The zero-order valence-corrected chi connectivity index (χ0v) is 19.3. The Balaban J connectivity index is 1.46. The number of nitrogens with zero attached hydrogens (tertiary/aromatic N) is 2. The smallest absolute Gasteiger partial charge is 0.340 e. The summed E-state index contributed by atoms with van der Waals surface area (Å²) in [5.74, 6) is -2.55. The van der Waals surface area contributed by atoms with Crippen LogP contribution in [0.4, 0.5) is 0 Å². The summed E-state index contributed by atoms with van der Waals surface area (Å²) in [4.78, 5) is 56.1. The lowest BCUT2D eigenvalue weighted by Crippen LogP contribution is -2.35. The Morgan fingerprint density at radius 3 is 2.11 bits per heavy atom. The number of methoxy groups -OCH3 is 1. The van der Waals surface area contributed by atoms with Crippen molar-refractivity contribution in [1.82, 2.24) is 9.88 Å². The molecule has 0 atom stereocenters. The highest BCUT2D eigenvalue weighted by Gasteiger charge is 2.36. The summed E-state index contributed by atoms with van der Waals surface area (Å²) in [6.45, 7) is -0.907. The molecular formula is C28H20N2O6. The van der Waals surface area contributed by atoms with Gasteiger partial charge in [0.1, 0.15) is 13.2 Å². The molecule has 36 heavy (non-hydrogen) atoms. The lowest BCUT2D eigenvalue weighted by Gasteiger charge is -2.17. The molecule has 1 aliphatic rings. The topological polar surface area (TPSA) is 103 Å². The van der Waals surface area contributed by atoms with Crippen LogP contribution in [0.25, 0.3) is 22.0 Å². The van der Waals surface area contributed by atoms with E-state index in [0.717, 1.165) is 15.8 Å². The van der Waals surface area contributed by atoms with E-state index in [2.05, 4.69) is 4.98 Å². The predicted octanol–water partition coefficient (Wildman–Crippen LogP) is 4.03. The summed E-state index contributed by atoms with van der Waals surface area (Å²) < 4.78 is 10.5. The minimum absolute atomic E-state index is 0.177. The lowest BCUT2D eigenvalue weighted by atomic mass is 9.94. The molecule has 0 radical (unpaired) electrons. The van der Waals surface area contributed by atoms with Crippen molar-refractivity contribution in [3.05, 3.63) is 101 Å². The van der Waals surface area contributed by atoms with Gasteiger partial charge in [-0.05, 0) is 23.8 Å². The fourth-order valence-electron chi connectivity index (χ4n) is 4.30. The maximum absolute atomic E-state index is 12.9. The van der Waals surface area contributed by atoms with Gasteiger partial charge in [0.15, 0.2) is 0 Å². The van der Waals surface area contributed by atoms with E-state index in [4.69, 9.17) is 9.47 Å². The van der Waals surface area contributed by atoms with Gasteiger partial charge in [-0.1, -0.05) is 60.7 Å². The second kappa shape index (κ2) is 9.42. The molecule has 3 aromatic carbocycles. The van der Waals surface area contributed by atoms with Gasteiger partial charge in [0.2, 0.25) is 0 Å². The average molecular weight is 480 g/mol. The largest absolute Gasteiger partial charge is 0.465 e. The Labute approximate surface area is 206 Å². The Bertz CT molecular complexity index is 1500. The molecule has 0 saturated carbocycles. The van der Waals surface area contributed by atoms with E-state index in [1.165, 1.54) is 19.2 Å². The third-order valence-corrected chi connectivity index (χ3v) is 5.95. The van der Waals surface area contributed by atoms with Crippen LogP contribution in [0.5, 0.6) is 0 Å². The molecule has 8 nitrogen and oxygen atoms in total. The van der Waals surface area contributed by atoms with Gasteiger partial charge in [0, 0.05) is 10.9 Å². The number of ether oxygens (including phenoxy) is 2. The van der Waals surface area contributed by atoms with Gasteiger partial charge in [-0.15, -0.1) is 0 Å². The van der Waals surface area contributed by atoms with Crippen molar-refractivity contribution < 1.29 is 28.7 Å². The zero-order valence-electron chi connectivity index (χ0n) is 19.3. The van der Waals surface area contributed by atoms with Crippen molar-refractivity contribution >= 4 is 34.7 Å². The van der Waals surface area contributed by atoms with Crippen LogP contribution < -0.4 is 0 Å². The average Bonchev–Trinajstić information content (AvgIpc) is 3.16. The quantitative estimate of drug-likeness (QED) is 0.303. The summed E-state index contributed by atoms with van der Waals surface area (Å²) in [6, 6.07) is 23.0. The highest BCUT2D eigenvalue weighted by molar-refractivity contribution is 6.22. The third-order valence-electron chi connectivity index (χ3n) is 5.95. The molecule has 178 valence electrons. The molecule has 0 saturated heterocycles. The molecule has 0 aliphatic carbocycles. The summed E-state index contributed by atoms with van der Waals surface area (Å²) in [5, 5.41) is 0.741. The van der Waals surface area contributed by atoms with E-state index in [9.17, 15) is 19.2 Å². The first kappa shape index (κ1) is 22.9. The molecule has 2 heterocycles. The number of amides is 2. The highest BCUT2D eigenvalue weighted by Crippen LogP contribution is 2.34. The minimum Gasteiger partial charge on any atom is -0.465 e. The molecule has 4 aromatic rings. The summed E-state index contributed by atoms with van der Waals surface area (Å²) in [6.07, 6.45) is 0. The first-order chi connectivity index (χ1) is 17.5. The van der Waals surface area contributed by atoms with Crippen LogP contribution in [0.15, 0.2) is 78.9 Å².